The van der Waals surface area contributed by atoms with Gasteiger partial charge in [-0.15, -0.1) is 0 Å². The first-order valence-electron chi connectivity index (χ1n) is 8.34. The molecule has 1 aromatic carbocycles. The number of benzene rings is 1. The van der Waals surface area contributed by atoms with Crippen LogP contribution in [0.2, 0.25) is 0 Å². The van der Waals surface area contributed by atoms with Gasteiger partial charge < -0.3 is 15.2 Å². The second-order valence-electron chi connectivity index (χ2n) is 5.86. The zero-order chi connectivity index (χ0) is 21.3. The van der Waals surface area contributed by atoms with Crippen molar-refractivity contribution in [1.82, 2.24) is 5.32 Å². The van der Waals surface area contributed by atoms with Crippen molar-refractivity contribution in [1.29, 1.82) is 0 Å². The number of ketones is 1. The summed E-state index contributed by atoms with van der Waals surface area (Å²) >= 11 is 11.0. The summed E-state index contributed by atoms with van der Waals surface area (Å²) in [4.78, 5) is 43.7. The molecule has 0 aliphatic heterocycles. The lowest BCUT2D eigenvalue weighted by atomic mass is 10.0. The number of nitrogens with zero attached hydrogens (tertiary/aromatic N) is 1. The molecule has 0 heterocycles. The first-order valence-corrected chi connectivity index (χ1v) is 9.21. The Labute approximate surface area is 171 Å². The van der Waals surface area contributed by atoms with Gasteiger partial charge in [0.15, 0.2) is 4.84 Å². The highest BCUT2D eigenvalue weighted by molar-refractivity contribution is 6.53. The van der Waals surface area contributed by atoms with Crippen molar-refractivity contribution in [3.8, 4) is 0 Å². The van der Waals surface area contributed by atoms with E-state index in [2.05, 4.69) is 5.32 Å². The van der Waals surface area contributed by atoms with Crippen LogP contribution in [-0.2, 0) is 19.1 Å². The molecule has 0 saturated carbocycles. The van der Waals surface area contributed by atoms with Gasteiger partial charge in [0.05, 0.1) is 11.0 Å². The number of rotatable bonds is 11. The maximum absolute atomic E-state index is 11.8. The maximum atomic E-state index is 11.8. The minimum Gasteiger partial charge on any atom is -0.463 e. The Morgan fingerprint density at radius 1 is 1.25 bits per heavy atom. The van der Waals surface area contributed by atoms with E-state index in [-0.39, 0.29) is 23.5 Å². The second kappa shape index (κ2) is 11.6. The summed E-state index contributed by atoms with van der Waals surface area (Å²) in [6, 6.07) is 3.82. The van der Waals surface area contributed by atoms with Gasteiger partial charge in [-0.25, -0.2) is 0 Å². The van der Waals surface area contributed by atoms with Crippen LogP contribution in [0, 0.1) is 10.1 Å². The molecule has 0 unspecified atom stereocenters. The third-order valence-corrected chi connectivity index (χ3v) is 4.04. The number of hydrogen-bond donors (Lipinski definition) is 2. The van der Waals surface area contributed by atoms with Crippen LogP contribution >= 0.6 is 23.2 Å². The number of aliphatic hydroxyl groups is 1. The molecule has 0 radical (unpaired) electrons. The number of carbonyl (C=O) groups excluding carboxylic acids is 3. The molecule has 0 fully saturated rings. The van der Waals surface area contributed by atoms with Crippen LogP contribution in [0.1, 0.15) is 37.9 Å². The molecule has 1 aromatic rings. The Bertz CT molecular complexity index is 710. The Hall–Kier alpha value is -2.23. The molecule has 2 atom stereocenters. The highest BCUT2D eigenvalue weighted by Crippen LogP contribution is 2.21. The molecule has 0 bridgehead atoms. The predicted molar refractivity (Wildman–Crippen MR) is 101 cm³/mol. The van der Waals surface area contributed by atoms with E-state index in [1.54, 1.807) is 6.92 Å². The summed E-state index contributed by atoms with van der Waals surface area (Å²) in [7, 11) is 0. The molecule has 0 aromatic heterocycles. The number of aliphatic hydroxyl groups excluding tert-OH is 1. The van der Waals surface area contributed by atoms with E-state index in [4.69, 9.17) is 27.9 Å². The molecule has 28 heavy (non-hydrogen) atoms. The van der Waals surface area contributed by atoms with E-state index >= 15 is 0 Å². The summed E-state index contributed by atoms with van der Waals surface area (Å²) in [6.07, 6.45) is -0.969. The maximum Gasteiger partial charge on any atom is 0.313 e. The summed E-state index contributed by atoms with van der Waals surface area (Å²) in [5.74, 6) is -1.92. The molecule has 11 heteroatoms. The van der Waals surface area contributed by atoms with E-state index in [9.17, 15) is 29.6 Å². The smallest absolute Gasteiger partial charge is 0.313 e. The molecule has 154 valence electrons. The number of ether oxygens (including phenoxy) is 1. The molecule has 9 nitrogen and oxygen atoms in total. The van der Waals surface area contributed by atoms with Crippen molar-refractivity contribution >= 4 is 46.5 Å². The van der Waals surface area contributed by atoms with E-state index in [0.29, 0.717) is 6.42 Å². The topological polar surface area (TPSA) is 136 Å². The Kier molecular flexibility index (Phi) is 9.84. The van der Waals surface area contributed by atoms with Gasteiger partial charge in [-0.1, -0.05) is 30.1 Å². The van der Waals surface area contributed by atoms with Crippen LogP contribution in [0.5, 0.6) is 0 Å². The van der Waals surface area contributed by atoms with Crippen molar-refractivity contribution in [2.24, 2.45) is 0 Å². The van der Waals surface area contributed by atoms with Crippen molar-refractivity contribution in [3.63, 3.8) is 0 Å². The normalized spacial score (nSPS) is 12.9. The molecule has 2 N–H and O–H groups in total. The van der Waals surface area contributed by atoms with Crippen molar-refractivity contribution in [2.75, 3.05) is 6.61 Å². The zero-order valence-corrected chi connectivity index (χ0v) is 16.5. The van der Waals surface area contributed by atoms with Gasteiger partial charge in [0.2, 0.25) is 0 Å². The molecule has 1 amide bonds. The monoisotopic (exact) mass is 434 g/mol. The number of hydrogen-bond acceptors (Lipinski definition) is 7. The Balaban J connectivity index is 2.85. The molecular weight excluding hydrogens is 415 g/mol. The molecule has 0 spiro atoms. The SMILES string of the molecule is CCCC(=O)CC(=O)OC[C@@H](NC(=O)C(Cl)Cl)[C@H](O)c1ccc([N+](=O)[O-])cc1. The number of carbonyl (C=O) groups is 3. The van der Waals surface area contributed by atoms with Gasteiger partial charge in [-0.3, -0.25) is 24.5 Å². The van der Waals surface area contributed by atoms with E-state index in [1.807, 2.05) is 0 Å². The number of nitrogens with one attached hydrogen (secondary N) is 1. The minimum absolute atomic E-state index is 0.181. The first kappa shape index (κ1) is 23.8. The molecular formula is C17H20Cl2N2O7. The van der Waals surface area contributed by atoms with Gasteiger partial charge in [-0.2, -0.15) is 0 Å². The Morgan fingerprint density at radius 2 is 1.86 bits per heavy atom. The largest absolute Gasteiger partial charge is 0.463 e. The number of Topliss-reactive ketones (excluding diaryl/α,β-unsaturated/α-hetero) is 1. The minimum atomic E-state index is -1.42. The molecule has 0 aliphatic rings. The quantitative estimate of drug-likeness (QED) is 0.179. The zero-order valence-electron chi connectivity index (χ0n) is 15.0. The van der Waals surface area contributed by atoms with Crippen LogP contribution in [0.25, 0.3) is 0 Å². The fraction of sp³-hybridized carbons (Fsp3) is 0.471. The lowest BCUT2D eigenvalue weighted by molar-refractivity contribution is -0.384. The fourth-order valence-corrected chi connectivity index (χ4v) is 2.37. The number of non-ortho nitro benzene ring substituents is 1. The number of halogens is 2. The third kappa shape index (κ3) is 7.79. The van der Waals surface area contributed by atoms with Crippen molar-refractivity contribution in [2.45, 2.75) is 43.2 Å². The number of amides is 1. The predicted octanol–water partition coefficient (Wildman–Crippen LogP) is 2.22. The number of esters is 1. The fourth-order valence-electron chi connectivity index (χ4n) is 2.24. The standard InChI is InChI=1S/C17H20Cl2N2O7/c1-2-3-12(22)8-14(23)28-9-13(20-17(25)16(18)19)15(24)10-4-6-11(7-5-10)21(26)27/h4-7,13,15-16,24H,2-3,8-9H2,1H3,(H,20,25)/t13-,15-/m1/s1. The average Bonchev–Trinajstić information content (AvgIpc) is 2.64. The Morgan fingerprint density at radius 3 is 2.36 bits per heavy atom. The van der Waals surface area contributed by atoms with Gasteiger partial charge in [0, 0.05) is 18.6 Å². The number of nitro benzene ring substituents is 1. The van der Waals surface area contributed by atoms with E-state index < -0.39 is 46.8 Å². The number of alkyl halides is 2. The van der Waals surface area contributed by atoms with Crippen LogP contribution in [0.3, 0.4) is 0 Å². The summed E-state index contributed by atoms with van der Waals surface area (Å²) in [5.41, 5.74) is 0.0497. The average molecular weight is 435 g/mol. The van der Waals surface area contributed by atoms with Crippen LogP contribution in [0.15, 0.2) is 24.3 Å². The highest BCUT2D eigenvalue weighted by atomic mass is 35.5. The van der Waals surface area contributed by atoms with Crippen molar-refractivity contribution in [3.05, 3.63) is 39.9 Å². The molecule has 0 aliphatic carbocycles. The van der Waals surface area contributed by atoms with E-state index in [1.165, 1.54) is 24.3 Å². The third-order valence-electron chi connectivity index (χ3n) is 3.65. The summed E-state index contributed by atoms with van der Waals surface area (Å²) in [6.45, 7) is 1.34. The van der Waals surface area contributed by atoms with Gasteiger partial charge >= 0.3 is 5.97 Å². The van der Waals surface area contributed by atoms with Crippen LogP contribution in [-0.4, -0.2) is 45.2 Å². The molecule has 0 saturated heterocycles. The van der Waals surface area contributed by atoms with Gasteiger partial charge in [0.25, 0.3) is 11.6 Å². The van der Waals surface area contributed by atoms with Crippen LogP contribution < -0.4 is 5.32 Å². The second-order valence-corrected chi connectivity index (χ2v) is 6.95. The van der Waals surface area contributed by atoms with Gasteiger partial charge in [0.1, 0.15) is 24.9 Å². The van der Waals surface area contributed by atoms with Crippen LogP contribution in [0.4, 0.5) is 5.69 Å². The first-order chi connectivity index (χ1) is 13.1. The van der Waals surface area contributed by atoms with Gasteiger partial charge in [-0.05, 0) is 24.1 Å². The van der Waals surface area contributed by atoms with E-state index in [0.717, 1.165) is 0 Å². The summed E-state index contributed by atoms with van der Waals surface area (Å²) in [5, 5.41) is 23.5. The highest BCUT2D eigenvalue weighted by Gasteiger charge is 2.27. The lowest BCUT2D eigenvalue weighted by Crippen LogP contribution is -2.45. The molecule has 1 rings (SSSR count). The summed E-state index contributed by atoms with van der Waals surface area (Å²) < 4.78 is 4.98. The lowest BCUT2D eigenvalue weighted by Gasteiger charge is -2.24. The van der Waals surface area contributed by atoms with Crippen molar-refractivity contribution < 1.29 is 29.2 Å². The number of nitro groups is 1.